The Labute approximate surface area is 294 Å². The summed E-state index contributed by atoms with van der Waals surface area (Å²) in [4.78, 5) is 15.4. The lowest BCUT2D eigenvalue weighted by molar-refractivity contribution is 0.669. The van der Waals surface area contributed by atoms with Crippen LogP contribution in [0.25, 0.3) is 99.9 Å². The van der Waals surface area contributed by atoms with E-state index in [4.69, 9.17) is 19.4 Å². The Balaban J connectivity index is 1.20. The normalized spacial score (nSPS) is 11.5. The first kappa shape index (κ1) is 29.0. The van der Waals surface area contributed by atoms with Gasteiger partial charge in [0.25, 0.3) is 0 Å². The molecule has 0 saturated heterocycles. The Morgan fingerprint density at radius 2 is 0.882 bits per heavy atom. The van der Waals surface area contributed by atoms with Crippen LogP contribution in [-0.4, -0.2) is 15.0 Å². The van der Waals surface area contributed by atoms with Gasteiger partial charge in [0.1, 0.15) is 11.2 Å². The second kappa shape index (κ2) is 11.9. The highest BCUT2D eigenvalue weighted by atomic mass is 16.3. The fraction of sp³-hybridized carbons (Fsp3) is 0. The van der Waals surface area contributed by atoms with E-state index in [1.807, 2.05) is 36.4 Å². The first-order chi connectivity index (χ1) is 25.2. The molecule has 4 heteroatoms. The zero-order valence-electron chi connectivity index (χ0n) is 27.5. The van der Waals surface area contributed by atoms with Gasteiger partial charge in [-0.25, -0.2) is 15.0 Å². The molecule has 0 aliphatic heterocycles. The summed E-state index contributed by atoms with van der Waals surface area (Å²) in [6.07, 6.45) is 0. The predicted molar refractivity (Wildman–Crippen MR) is 209 cm³/mol. The van der Waals surface area contributed by atoms with E-state index in [9.17, 15) is 0 Å². The molecule has 2 aromatic heterocycles. The number of benzene rings is 8. The molecule has 10 rings (SSSR count). The summed E-state index contributed by atoms with van der Waals surface area (Å²) in [5.74, 6) is 1.82. The molecule has 0 bridgehead atoms. The summed E-state index contributed by atoms with van der Waals surface area (Å²) in [5, 5.41) is 6.74. The Bertz CT molecular complexity index is 2890. The fourth-order valence-corrected chi connectivity index (χ4v) is 7.18. The van der Waals surface area contributed by atoms with E-state index in [2.05, 4.69) is 140 Å². The van der Waals surface area contributed by atoms with Gasteiger partial charge in [-0.2, -0.15) is 0 Å². The fourth-order valence-electron chi connectivity index (χ4n) is 7.18. The smallest absolute Gasteiger partial charge is 0.164 e. The van der Waals surface area contributed by atoms with Crippen LogP contribution < -0.4 is 0 Å². The van der Waals surface area contributed by atoms with Crippen molar-refractivity contribution in [1.29, 1.82) is 0 Å². The molecule has 0 fully saturated rings. The average Bonchev–Trinajstić information content (AvgIpc) is 3.57. The summed E-state index contributed by atoms with van der Waals surface area (Å²) in [5.41, 5.74) is 8.82. The average molecular weight is 652 g/mol. The first-order valence-electron chi connectivity index (χ1n) is 17.1. The van der Waals surface area contributed by atoms with Crippen molar-refractivity contribution in [2.75, 3.05) is 0 Å². The van der Waals surface area contributed by atoms with Crippen LogP contribution in [0.5, 0.6) is 0 Å². The van der Waals surface area contributed by atoms with E-state index < -0.39 is 0 Å². The van der Waals surface area contributed by atoms with Crippen molar-refractivity contribution in [3.8, 4) is 56.4 Å². The van der Waals surface area contributed by atoms with Crippen LogP contribution in [0.1, 0.15) is 0 Å². The minimum atomic E-state index is 0.593. The lowest BCUT2D eigenvalue weighted by atomic mass is 9.97. The molecule has 4 nitrogen and oxygen atoms in total. The van der Waals surface area contributed by atoms with Crippen molar-refractivity contribution in [2.45, 2.75) is 0 Å². The second-order valence-corrected chi connectivity index (χ2v) is 12.8. The number of hydrogen-bond donors (Lipinski definition) is 0. The van der Waals surface area contributed by atoms with Gasteiger partial charge in [0.15, 0.2) is 17.5 Å². The molecule has 10 aromatic rings. The molecular weight excluding hydrogens is 623 g/mol. The summed E-state index contributed by atoms with van der Waals surface area (Å²) in [6, 6.07) is 61.0. The topological polar surface area (TPSA) is 51.8 Å². The third-order valence-electron chi connectivity index (χ3n) is 9.70. The molecule has 238 valence electrons. The molecule has 0 amide bonds. The van der Waals surface area contributed by atoms with Crippen molar-refractivity contribution in [2.24, 2.45) is 0 Å². The summed E-state index contributed by atoms with van der Waals surface area (Å²) < 4.78 is 6.63. The lowest BCUT2D eigenvalue weighted by Crippen LogP contribution is -2.00. The third kappa shape index (κ3) is 5.13. The monoisotopic (exact) mass is 651 g/mol. The minimum absolute atomic E-state index is 0.593. The molecule has 0 spiro atoms. The van der Waals surface area contributed by atoms with Crippen molar-refractivity contribution in [3.63, 3.8) is 0 Å². The zero-order chi connectivity index (χ0) is 33.7. The molecular formula is C47H29N3O. The molecule has 0 radical (unpaired) electrons. The van der Waals surface area contributed by atoms with E-state index in [0.717, 1.165) is 66.1 Å². The van der Waals surface area contributed by atoms with E-state index in [1.165, 1.54) is 16.3 Å². The van der Waals surface area contributed by atoms with E-state index in [0.29, 0.717) is 17.5 Å². The standard InChI is InChI=1S/C47H29N3O/c1-3-12-30(13-4-1)37-27-41(44-40-26-35-17-7-8-18-36(35)28-42(40)51-43(44)29-37)47-49-45(33-15-5-2-6-16-33)48-46(50-47)34-24-22-32(23-25-34)39-21-11-19-31-14-9-10-20-38(31)39/h1-29H. The molecule has 0 saturated carbocycles. The highest BCUT2D eigenvalue weighted by molar-refractivity contribution is 6.16. The van der Waals surface area contributed by atoms with Gasteiger partial charge in [-0.15, -0.1) is 0 Å². The van der Waals surface area contributed by atoms with Gasteiger partial charge in [-0.05, 0) is 68.1 Å². The first-order valence-corrected chi connectivity index (χ1v) is 17.1. The second-order valence-electron chi connectivity index (χ2n) is 12.8. The molecule has 0 N–H and O–H groups in total. The maximum absolute atomic E-state index is 6.63. The minimum Gasteiger partial charge on any atom is -0.456 e. The van der Waals surface area contributed by atoms with Crippen LogP contribution in [0.2, 0.25) is 0 Å². The largest absolute Gasteiger partial charge is 0.456 e. The molecule has 51 heavy (non-hydrogen) atoms. The van der Waals surface area contributed by atoms with Crippen molar-refractivity contribution in [1.82, 2.24) is 15.0 Å². The van der Waals surface area contributed by atoms with Gasteiger partial charge in [0, 0.05) is 27.5 Å². The summed E-state index contributed by atoms with van der Waals surface area (Å²) >= 11 is 0. The number of furan rings is 1. The van der Waals surface area contributed by atoms with Crippen LogP contribution in [0.4, 0.5) is 0 Å². The van der Waals surface area contributed by atoms with E-state index >= 15 is 0 Å². The maximum Gasteiger partial charge on any atom is 0.164 e. The van der Waals surface area contributed by atoms with Crippen molar-refractivity contribution in [3.05, 3.63) is 176 Å². The number of aromatic nitrogens is 3. The van der Waals surface area contributed by atoms with Crippen LogP contribution in [-0.2, 0) is 0 Å². The van der Waals surface area contributed by atoms with Gasteiger partial charge < -0.3 is 4.42 Å². The van der Waals surface area contributed by atoms with Crippen LogP contribution in [0.3, 0.4) is 0 Å². The summed E-state index contributed by atoms with van der Waals surface area (Å²) in [6.45, 7) is 0. The molecule has 0 atom stereocenters. The third-order valence-corrected chi connectivity index (χ3v) is 9.70. The molecule has 0 aliphatic carbocycles. The highest BCUT2D eigenvalue weighted by Crippen LogP contribution is 2.41. The molecule has 8 aromatic carbocycles. The maximum atomic E-state index is 6.63. The van der Waals surface area contributed by atoms with Crippen LogP contribution in [0.15, 0.2) is 180 Å². The van der Waals surface area contributed by atoms with Gasteiger partial charge in [-0.3, -0.25) is 0 Å². The van der Waals surface area contributed by atoms with E-state index in [1.54, 1.807) is 0 Å². The van der Waals surface area contributed by atoms with Gasteiger partial charge in [0.05, 0.1) is 0 Å². The molecule has 0 aliphatic rings. The zero-order valence-corrected chi connectivity index (χ0v) is 27.5. The lowest BCUT2D eigenvalue weighted by Gasteiger charge is -2.12. The molecule has 0 unspecified atom stereocenters. The number of nitrogens with zero attached hydrogens (tertiary/aromatic N) is 3. The quantitative estimate of drug-likeness (QED) is 0.186. The SMILES string of the molecule is c1ccc(-c2cc(-c3nc(-c4ccccc4)nc(-c4ccc(-c5cccc6ccccc56)cc4)n3)c3c(c2)oc2cc4ccccc4cc23)cc1. The molecule has 2 heterocycles. The Morgan fingerprint density at radius 3 is 1.63 bits per heavy atom. The Morgan fingerprint density at radius 1 is 0.314 bits per heavy atom. The van der Waals surface area contributed by atoms with Gasteiger partial charge in [0.2, 0.25) is 0 Å². The summed E-state index contributed by atoms with van der Waals surface area (Å²) in [7, 11) is 0. The number of fused-ring (bicyclic) bond motifs is 5. The van der Waals surface area contributed by atoms with E-state index in [-0.39, 0.29) is 0 Å². The van der Waals surface area contributed by atoms with Crippen molar-refractivity contribution >= 4 is 43.5 Å². The Hall–Kier alpha value is -6.91. The van der Waals surface area contributed by atoms with Gasteiger partial charge in [-0.1, -0.05) is 152 Å². The van der Waals surface area contributed by atoms with Crippen molar-refractivity contribution < 1.29 is 4.42 Å². The number of hydrogen-bond acceptors (Lipinski definition) is 4. The highest BCUT2D eigenvalue weighted by Gasteiger charge is 2.20. The number of rotatable bonds is 5. The van der Waals surface area contributed by atoms with Crippen LogP contribution in [0, 0.1) is 0 Å². The van der Waals surface area contributed by atoms with Gasteiger partial charge >= 0.3 is 0 Å². The Kier molecular flexibility index (Phi) is 6.78. The van der Waals surface area contributed by atoms with Crippen LogP contribution >= 0.6 is 0 Å². The predicted octanol–water partition coefficient (Wildman–Crippen LogP) is 12.4.